The normalized spacial score (nSPS) is 14.9. The number of nitrogens with one attached hydrogen (secondary N) is 1. The van der Waals surface area contributed by atoms with Gasteiger partial charge in [-0.3, -0.25) is 19.5 Å². The van der Waals surface area contributed by atoms with Crippen LogP contribution >= 0.6 is 7.60 Å². The van der Waals surface area contributed by atoms with Crippen LogP contribution in [-0.2, 0) is 14.2 Å². The molecule has 5 N–H and O–H groups in total. The van der Waals surface area contributed by atoms with Crippen LogP contribution in [0.2, 0.25) is 0 Å². The van der Waals surface area contributed by atoms with Crippen LogP contribution in [0.1, 0.15) is 12.8 Å². The Bertz CT molecular complexity index is 350. The van der Waals surface area contributed by atoms with Crippen molar-refractivity contribution >= 4 is 19.5 Å². The summed E-state index contributed by atoms with van der Waals surface area (Å²) in [6.45, 7) is 3.17. The lowest BCUT2D eigenvalue weighted by Crippen LogP contribution is -2.42. The molecule has 2 atom stereocenters. The molecule has 0 aliphatic heterocycles. The largest absolute Gasteiger partial charge is 0.481 e. The van der Waals surface area contributed by atoms with Crippen LogP contribution in [0.3, 0.4) is 0 Å². The number of aliphatic carboxylic acids is 2. The van der Waals surface area contributed by atoms with E-state index in [1.807, 2.05) is 0 Å². The van der Waals surface area contributed by atoms with Crippen molar-refractivity contribution in [3.05, 3.63) is 12.7 Å². The van der Waals surface area contributed by atoms with Gasteiger partial charge in [0, 0.05) is 6.42 Å². The molecule has 0 rings (SSSR count). The molecule has 8 nitrogen and oxygen atoms in total. The lowest BCUT2D eigenvalue weighted by Gasteiger charge is -2.20. The average Bonchev–Trinajstić information content (AvgIpc) is 2.14. The summed E-state index contributed by atoms with van der Waals surface area (Å²) >= 11 is 0. The molecule has 0 saturated carbocycles. The first-order valence-electron chi connectivity index (χ1n) is 4.57. The summed E-state index contributed by atoms with van der Waals surface area (Å²) in [5.41, 5.74) is 0. The Morgan fingerprint density at radius 2 is 1.88 bits per heavy atom. The van der Waals surface area contributed by atoms with E-state index in [1.54, 1.807) is 0 Å². The van der Waals surface area contributed by atoms with Crippen LogP contribution < -0.4 is 5.32 Å². The van der Waals surface area contributed by atoms with Gasteiger partial charge in [-0.1, -0.05) is 6.08 Å². The van der Waals surface area contributed by atoms with E-state index >= 15 is 0 Å². The third-order valence-corrected chi connectivity index (χ3v) is 2.99. The summed E-state index contributed by atoms with van der Waals surface area (Å²) in [7, 11) is -4.56. The highest BCUT2D eigenvalue weighted by molar-refractivity contribution is 7.52. The van der Waals surface area contributed by atoms with Crippen molar-refractivity contribution in [1.29, 1.82) is 0 Å². The molecule has 0 aromatic heterocycles. The molecule has 0 aliphatic rings. The van der Waals surface area contributed by atoms with Crippen LogP contribution in [0.15, 0.2) is 12.7 Å². The summed E-state index contributed by atoms with van der Waals surface area (Å²) in [5.74, 6) is -4.09. The van der Waals surface area contributed by atoms with Gasteiger partial charge >= 0.3 is 19.5 Å². The van der Waals surface area contributed by atoms with Crippen LogP contribution in [0.4, 0.5) is 0 Å². The zero-order valence-electron chi connectivity index (χ0n) is 8.81. The van der Waals surface area contributed by atoms with Gasteiger partial charge in [-0.25, -0.2) is 0 Å². The molecule has 0 fully saturated rings. The molecular weight excluding hydrogens is 253 g/mol. The molecule has 1 unspecified atom stereocenters. The van der Waals surface area contributed by atoms with Gasteiger partial charge in [0.2, 0.25) is 0 Å². The van der Waals surface area contributed by atoms with Crippen molar-refractivity contribution in [2.24, 2.45) is 0 Å². The van der Waals surface area contributed by atoms with E-state index in [1.165, 1.54) is 0 Å². The molecule has 0 aliphatic carbocycles. The van der Waals surface area contributed by atoms with Crippen molar-refractivity contribution < 1.29 is 34.2 Å². The van der Waals surface area contributed by atoms with Gasteiger partial charge in [-0.15, -0.1) is 6.58 Å². The lowest BCUT2D eigenvalue weighted by molar-refractivity contribution is -0.140. The molecule has 0 radical (unpaired) electrons. The standard InChI is InChI=1S/C8H14NO7P/c1-2-6(17(14,15)16)9-5(8(12)13)3-4-7(10)11/h2,5-6,9H,1,3-4H2,(H,10,11)(H,12,13)(H2,14,15,16)/t5-,6?/m0/s1. The molecule has 98 valence electrons. The minimum atomic E-state index is -4.56. The maximum atomic E-state index is 10.9. The second kappa shape index (κ2) is 6.51. The Kier molecular flexibility index (Phi) is 6.04. The highest BCUT2D eigenvalue weighted by atomic mass is 31.2. The molecule has 0 amide bonds. The van der Waals surface area contributed by atoms with Gasteiger partial charge in [-0.05, 0) is 6.42 Å². The zero-order valence-corrected chi connectivity index (χ0v) is 9.71. The topological polar surface area (TPSA) is 144 Å². The quantitative estimate of drug-likeness (QED) is 0.294. The number of carboxylic acid groups (broad SMARTS) is 2. The summed E-state index contributed by atoms with van der Waals surface area (Å²) in [6.07, 6.45) is 0.182. The van der Waals surface area contributed by atoms with Crippen LogP contribution in [0.25, 0.3) is 0 Å². The van der Waals surface area contributed by atoms with E-state index in [4.69, 9.17) is 20.0 Å². The Hall–Kier alpha value is -1.21. The fraction of sp³-hybridized carbons (Fsp3) is 0.500. The molecule has 0 aromatic rings. The van der Waals surface area contributed by atoms with E-state index < -0.39 is 37.8 Å². The summed E-state index contributed by atoms with van der Waals surface area (Å²) in [6, 6.07) is -1.36. The Balaban J connectivity index is 4.63. The molecule has 0 spiro atoms. The maximum absolute atomic E-state index is 10.9. The van der Waals surface area contributed by atoms with E-state index in [0.717, 1.165) is 6.08 Å². The van der Waals surface area contributed by atoms with Crippen LogP contribution in [0, 0.1) is 0 Å². The fourth-order valence-corrected chi connectivity index (χ4v) is 1.70. The van der Waals surface area contributed by atoms with Crippen LogP contribution in [0.5, 0.6) is 0 Å². The minimum Gasteiger partial charge on any atom is -0.481 e. The van der Waals surface area contributed by atoms with Gasteiger partial charge in [0.15, 0.2) is 0 Å². The molecule has 9 heteroatoms. The van der Waals surface area contributed by atoms with Crippen molar-refractivity contribution in [1.82, 2.24) is 5.32 Å². The second-order valence-electron chi connectivity index (χ2n) is 3.26. The van der Waals surface area contributed by atoms with Crippen molar-refractivity contribution in [3.63, 3.8) is 0 Å². The van der Waals surface area contributed by atoms with Crippen molar-refractivity contribution in [3.8, 4) is 0 Å². The zero-order chi connectivity index (χ0) is 13.6. The summed E-state index contributed by atoms with van der Waals surface area (Å²) < 4.78 is 10.9. The van der Waals surface area contributed by atoms with E-state index in [0.29, 0.717) is 0 Å². The van der Waals surface area contributed by atoms with Gasteiger partial charge in [-0.2, -0.15) is 0 Å². The van der Waals surface area contributed by atoms with Crippen molar-refractivity contribution in [2.45, 2.75) is 24.7 Å². The number of carboxylic acids is 2. The Morgan fingerprint density at radius 3 is 2.18 bits per heavy atom. The van der Waals surface area contributed by atoms with Gasteiger partial charge in [0.25, 0.3) is 0 Å². The highest BCUT2D eigenvalue weighted by Crippen LogP contribution is 2.40. The maximum Gasteiger partial charge on any atom is 0.346 e. The first-order chi connectivity index (χ1) is 7.68. The van der Waals surface area contributed by atoms with E-state index in [2.05, 4.69) is 11.9 Å². The second-order valence-corrected chi connectivity index (χ2v) is 4.99. The number of hydrogen-bond acceptors (Lipinski definition) is 4. The smallest absolute Gasteiger partial charge is 0.346 e. The number of carbonyl (C=O) groups is 2. The monoisotopic (exact) mass is 267 g/mol. The van der Waals surface area contributed by atoms with Crippen molar-refractivity contribution in [2.75, 3.05) is 0 Å². The lowest BCUT2D eigenvalue weighted by atomic mass is 10.1. The predicted molar refractivity (Wildman–Crippen MR) is 57.5 cm³/mol. The Labute approximate surface area is 97.1 Å². The first kappa shape index (κ1) is 15.8. The van der Waals surface area contributed by atoms with Crippen LogP contribution in [-0.4, -0.2) is 43.8 Å². The molecule has 17 heavy (non-hydrogen) atoms. The van der Waals surface area contributed by atoms with Gasteiger partial charge in [0.1, 0.15) is 11.8 Å². The average molecular weight is 267 g/mol. The third-order valence-electron chi connectivity index (χ3n) is 1.90. The van der Waals surface area contributed by atoms with Gasteiger partial charge < -0.3 is 20.0 Å². The molecule has 0 heterocycles. The molecule has 0 bridgehead atoms. The van der Waals surface area contributed by atoms with E-state index in [-0.39, 0.29) is 6.42 Å². The predicted octanol–water partition coefficient (Wildman–Crippen LogP) is -0.416. The summed E-state index contributed by atoms with van der Waals surface area (Å²) in [5, 5.41) is 19.3. The van der Waals surface area contributed by atoms with Gasteiger partial charge in [0.05, 0.1) is 0 Å². The fourth-order valence-electron chi connectivity index (χ4n) is 1.05. The Morgan fingerprint density at radius 1 is 1.35 bits per heavy atom. The number of hydrogen-bond donors (Lipinski definition) is 5. The molecular formula is C8H14NO7P. The minimum absolute atomic E-state index is 0.283. The third kappa shape index (κ3) is 6.18. The molecule has 0 aromatic carbocycles. The summed E-state index contributed by atoms with van der Waals surface area (Å²) in [4.78, 5) is 38.7. The number of rotatable bonds is 8. The molecule has 0 saturated heterocycles. The van der Waals surface area contributed by atoms with E-state index in [9.17, 15) is 14.2 Å². The SMILES string of the molecule is C=CC(N[C@@H](CCC(=O)O)C(=O)O)P(=O)(O)O. The first-order valence-corrected chi connectivity index (χ1v) is 6.25. The highest BCUT2D eigenvalue weighted by Gasteiger charge is 2.30.